The minimum atomic E-state index is 0.879. The van der Waals surface area contributed by atoms with Crippen LogP contribution >= 0.6 is 0 Å². The van der Waals surface area contributed by atoms with E-state index >= 15 is 0 Å². The van der Waals surface area contributed by atoms with E-state index in [1.807, 2.05) is 6.92 Å². The Bertz CT molecular complexity index is 1150. The molecule has 1 aliphatic rings. The summed E-state index contributed by atoms with van der Waals surface area (Å²) in [6.07, 6.45) is 2.65. The Balaban J connectivity index is 1.34. The highest BCUT2D eigenvalue weighted by Gasteiger charge is 2.15. The van der Waals surface area contributed by atoms with E-state index in [1.54, 1.807) is 0 Å². The summed E-state index contributed by atoms with van der Waals surface area (Å²) in [5.74, 6) is 1.83. The number of rotatable bonds is 4. The molecule has 0 radical (unpaired) electrons. The Morgan fingerprint density at radius 1 is 0.867 bits per heavy atom. The highest BCUT2D eigenvalue weighted by atomic mass is 15.1. The fourth-order valence-electron chi connectivity index (χ4n) is 4.50. The van der Waals surface area contributed by atoms with Crippen molar-refractivity contribution in [1.82, 2.24) is 14.9 Å². The number of aromatic amines is 1. The summed E-state index contributed by atoms with van der Waals surface area (Å²) in [4.78, 5) is 10.4. The maximum Gasteiger partial charge on any atom is 0.104 e. The highest BCUT2D eigenvalue weighted by Crippen LogP contribution is 2.28. The van der Waals surface area contributed by atoms with Crippen molar-refractivity contribution in [2.45, 2.75) is 33.2 Å². The SMILES string of the molecule is Cc1nc2ccc(-c3ccc(-c4cccc(CN5CCC(C)CC5)c4)cc3)cc2[nH]1. The number of imidazole rings is 1. The molecular weight excluding hydrogens is 366 g/mol. The summed E-state index contributed by atoms with van der Waals surface area (Å²) in [5, 5.41) is 0. The average molecular weight is 396 g/mol. The third kappa shape index (κ3) is 4.03. The maximum atomic E-state index is 4.50. The highest BCUT2D eigenvalue weighted by molar-refractivity contribution is 5.82. The van der Waals surface area contributed by atoms with Gasteiger partial charge in [-0.2, -0.15) is 0 Å². The third-order valence-electron chi connectivity index (χ3n) is 6.36. The van der Waals surface area contributed by atoms with Crippen molar-refractivity contribution >= 4 is 11.0 Å². The maximum absolute atomic E-state index is 4.50. The zero-order valence-electron chi connectivity index (χ0n) is 17.9. The zero-order valence-corrected chi connectivity index (χ0v) is 17.9. The lowest BCUT2D eigenvalue weighted by Gasteiger charge is -2.30. The number of fused-ring (bicyclic) bond motifs is 1. The number of nitrogens with zero attached hydrogens (tertiary/aromatic N) is 2. The molecule has 3 aromatic carbocycles. The number of hydrogen-bond donors (Lipinski definition) is 1. The van der Waals surface area contributed by atoms with Gasteiger partial charge in [-0.3, -0.25) is 4.90 Å². The van der Waals surface area contributed by atoms with Crippen molar-refractivity contribution < 1.29 is 0 Å². The number of benzene rings is 3. The molecule has 1 N–H and O–H groups in total. The van der Waals surface area contributed by atoms with Gasteiger partial charge in [-0.25, -0.2) is 4.98 Å². The van der Waals surface area contributed by atoms with Gasteiger partial charge < -0.3 is 4.98 Å². The van der Waals surface area contributed by atoms with Gasteiger partial charge in [0.2, 0.25) is 0 Å². The molecule has 1 saturated heterocycles. The van der Waals surface area contributed by atoms with E-state index in [4.69, 9.17) is 0 Å². The van der Waals surface area contributed by atoms with E-state index in [1.165, 1.54) is 53.7 Å². The molecular formula is C27H29N3. The molecule has 5 rings (SSSR count). The number of nitrogens with one attached hydrogen (secondary N) is 1. The molecule has 1 fully saturated rings. The van der Waals surface area contributed by atoms with Gasteiger partial charge in [0.25, 0.3) is 0 Å². The minimum Gasteiger partial charge on any atom is -0.342 e. The summed E-state index contributed by atoms with van der Waals surface area (Å²) in [6.45, 7) is 7.87. The van der Waals surface area contributed by atoms with Gasteiger partial charge >= 0.3 is 0 Å². The van der Waals surface area contributed by atoms with Crippen LogP contribution in [0.3, 0.4) is 0 Å². The Morgan fingerprint density at radius 3 is 2.27 bits per heavy atom. The molecule has 0 saturated carbocycles. The first-order chi connectivity index (χ1) is 14.6. The number of hydrogen-bond acceptors (Lipinski definition) is 2. The van der Waals surface area contributed by atoms with Gasteiger partial charge in [-0.15, -0.1) is 0 Å². The van der Waals surface area contributed by atoms with E-state index in [2.05, 4.69) is 88.5 Å². The normalized spacial score (nSPS) is 15.7. The van der Waals surface area contributed by atoms with Gasteiger partial charge in [-0.1, -0.05) is 55.5 Å². The van der Waals surface area contributed by atoms with Crippen LogP contribution < -0.4 is 0 Å². The second kappa shape index (κ2) is 8.08. The fraction of sp³-hybridized carbons (Fsp3) is 0.296. The molecule has 0 amide bonds. The Labute approximate surface area is 178 Å². The smallest absolute Gasteiger partial charge is 0.104 e. The number of piperidine rings is 1. The molecule has 2 heterocycles. The first-order valence-corrected chi connectivity index (χ1v) is 11.0. The number of likely N-dealkylation sites (tertiary alicyclic amines) is 1. The first-order valence-electron chi connectivity index (χ1n) is 11.0. The van der Waals surface area contributed by atoms with Crippen LogP contribution in [0.15, 0.2) is 66.7 Å². The van der Waals surface area contributed by atoms with Crippen molar-refractivity contribution in [2.75, 3.05) is 13.1 Å². The molecule has 3 nitrogen and oxygen atoms in total. The summed E-state index contributed by atoms with van der Waals surface area (Å²) in [6, 6.07) is 24.4. The van der Waals surface area contributed by atoms with E-state index < -0.39 is 0 Å². The van der Waals surface area contributed by atoms with Crippen LogP contribution in [0.25, 0.3) is 33.3 Å². The quantitative estimate of drug-likeness (QED) is 0.431. The van der Waals surface area contributed by atoms with E-state index in [0.717, 1.165) is 29.3 Å². The summed E-state index contributed by atoms with van der Waals surface area (Å²) >= 11 is 0. The van der Waals surface area contributed by atoms with Crippen molar-refractivity contribution in [2.24, 2.45) is 5.92 Å². The number of aromatic nitrogens is 2. The molecule has 1 aromatic heterocycles. The van der Waals surface area contributed by atoms with Gasteiger partial charge in [0, 0.05) is 6.54 Å². The van der Waals surface area contributed by atoms with E-state index in [-0.39, 0.29) is 0 Å². The predicted octanol–water partition coefficient (Wildman–Crippen LogP) is 6.44. The van der Waals surface area contributed by atoms with Crippen molar-refractivity contribution in [3.8, 4) is 22.3 Å². The summed E-state index contributed by atoms with van der Waals surface area (Å²) in [5.41, 5.74) is 8.53. The Kier molecular flexibility index (Phi) is 5.14. The van der Waals surface area contributed by atoms with Crippen LogP contribution in [0, 0.1) is 12.8 Å². The predicted molar refractivity (Wildman–Crippen MR) is 125 cm³/mol. The lowest BCUT2D eigenvalue weighted by Crippen LogP contribution is -2.32. The van der Waals surface area contributed by atoms with Gasteiger partial charge in [-0.05, 0) is 84.8 Å². The number of H-pyrrole nitrogens is 1. The molecule has 0 bridgehead atoms. The lowest BCUT2D eigenvalue weighted by molar-refractivity contribution is 0.185. The topological polar surface area (TPSA) is 31.9 Å². The molecule has 30 heavy (non-hydrogen) atoms. The van der Waals surface area contributed by atoms with Crippen molar-refractivity contribution in [3.05, 3.63) is 78.1 Å². The standard InChI is InChI=1S/C27H29N3/c1-19-12-14-30(15-13-19)18-21-4-3-5-24(16-21)22-6-8-23(9-7-22)25-10-11-26-27(17-25)29-20(2)28-26/h3-11,16-17,19H,12-15,18H2,1-2H3,(H,28,29). The molecule has 152 valence electrons. The van der Waals surface area contributed by atoms with Crippen LogP contribution in [0.5, 0.6) is 0 Å². The largest absolute Gasteiger partial charge is 0.342 e. The molecule has 0 atom stereocenters. The van der Waals surface area contributed by atoms with Crippen LogP contribution in [0.4, 0.5) is 0 Å². The first kappa shape index (κ1) is 19.1. The van der Waals surface area contributed by atoms with Crippen LogP contribution in [-0.4, -0.2) is 28.0 Å². The monoisotopic (exact) mass is 395 g/mol. The van der Waals surface area contributed by atoms with E-state index in [0.29, 0.717) is 0 Å². The second-order valence-electron chi connectivity index (χ2n) is 8.79. The second-order valence-corrected chi connectivity index (χ2v) is 8.79. The molecule has 3 heteroatoms. The average Bonchev–Trinajstić information content (AvgIpc) is 3.15. The van der Waals surface area contributed by atoms with Crippen LogP contribution in [-0.2, 0) is 6.54 Å². The van der Waals surface area contributed by atoms with Crippen molar-refractivity contribution in [1.29, 1.82) is 0 Å². The Morgan fingerprint density at radius 2 is 1.53 bits per heavy atom. The van der Waals surface area contributed by atoms with Gasteiger partial charge in [0.1, 0.15) is 5.82 Å². The third-order valence-corrected chi connectivity index (χ3v) is 6.36. The Hall–Kier alpha value is -2.91. The van der Waals surface area contributed by atoms with Crippen LogP contribution in [0.2, 0.25) is 0 Å². The number of aryl methyl sites for hydroxylation is 1. The molecule has 0 spiro atoms. The molecule has 0 unspecified atom stereocenters. The fourth-order valence-corrected chi connectivity index (χ4v) is 4.50. The molecule has 4 aromatic rings. The van der Waals surface area contributed by atoms with E-state index in [9.17, 15) is 0 Å². The summed E-state index contributed by atoms with van der Waals surface area (Å²) in [7, 11) is 0. The van der Waals surface area contributed by atoms with Gasteiger partial charge in [0.05, 0.1) is 11.0 Å². The lowest BCUT2D eigenvalue weighted by atomic mass is 9.97. The van der Waals surface area contributed by atoms with Gasteiger partial charge in [0.15, 0.2) is 0 Å². The molecule has 1 aliphatic heterocycles. The summed E-state index contributed by atoms with van der Waals surface area (Å²) < 4.78 is 0. The minimum absolute atomic E-state index is 0.879. The van der Waals surface area contributed by atoms with Crippen LogP contribution in [0.1, 0.15) is 31.2 Å². The zero-order chi connectivity index (χ0) is 20.5. The molecule has 0 aliphatic carbocycles. The van der Waals surface area contributed by atoms with Crippen molar-refractivity contribution in [3.63, 3.8) is 0 Å².